The number of aromatic amines is 1. The summed E-state index contributed by atoms with van der Waals surface area (Å²) in [5.74, 6) is -1.00. The van der Waals surface area contributed by atoms with Crippen LogP contribution in [0.2, 0.25) is 0 Å². The van der Waals surface area contributed by atoms with E-state index >= 15 is 0 Å². The van der Waals surface area contributed by atoms with E-state index in [4.69, 9.17) is 4.74 Å². The Morgan fingerprint density at radius 2 is 1.87 bits per heavy atom. The molecule has 0 saturated carbocycles. The first-order valence-corrected chi connectivity index (χ1v) is 10.1. The van der Waals surface area contributed by atoms with Gasteiger partial charge in [-0.2, -0.15) is 0 Å². The zero-order valence-electron chi connectivity index (χ0n) is 16.6. The number of amides is 1. The van der Waals surface area contributed by atoms with Crippen molar-refractivity contribution in [2.45, 2.75) is 20.3 Å². The minimum absolute atomic E-state index is 0.0990. The minimum Gasteiger partial charge on any atom is -0.454 e. The molecule has 156 valence electrons. The van der Waals surface area contributed by atoms with Crippen LogP contribution >= 0.6 is 11.3 Å². The molecule has 0 spiro atoms. The lowest BCUT2D eigenvalue weighted by molar-refractivity contribution is -0.118. The van der Waals surface area contributed by atoms with E-state index in [1.54, 1.807) is 43.5 Å². The van der Waals surface area contributed by atoms with Gasteiger partial charge in [-0.3, -0.25) is 14.2 Å². The van der Waals surface area contributed by atoms with E-state index in [0.717, 1.165) is 10.6 Å². The number of esters is 1. The van der Waals surface area contributed by atoms with Crippen LogP contribution in [-0.4, -0.2) is 40.4 Å². The van der Waals surface area contributed by atoms with Crippen molar-refractivity contribution in [3.05, 3.63) is 74.1 Å². The Bertz CT molecular complexity index is 1120. The van der Waals surface area contributed by atoms with Crippen molar-refractivity contribution in [3.8, 4) is 5.69 Å². The molecule has 0 aliphatic heterocycles. The molecule has 9 heteroatoms. The highest BCUT2D eigenvalue weighted by Gasteiger charge is 2.14. The van der Waals surface area contributed by atoms with Crippen LogP contribution in [0.4, 0.5) is 0 Å². The number of aromatic nitrogens is 2. The van der Waals surface area contributed by atoms with Gasteiger partial charge in [0.05, 0.1) is 16.1 Å². The second-order valence-corrected chi connectivity index (χ2v) is 7.78. The summed E-state index contributed by atoms with van der Waals surface area (Å²) < 4.78 is 6.62. The van der Waals surface area contributed by atoms with Crippen LogP contribution in [0.15, 0.2) is 47.4 Å². The molecule has 3 rings (SSSR count). The highest BCUT2D eigenvalue weighted by atomic mass is 32.1. The van der Waals surface area contributed by atoms with Gasteiger partial charge in [0, 0.05) is 30.2 Å². The minimum atomic E-state index is -0.615. The van der Waals surface area contributed by atoms with Crippen LogP contribution < -0.4 is 11.0 Å². The first kappa shape index (κ1) is 21.3. The molecule has 2 heterocycles. The van der Waals surface area contributed by atoms with E-state index in [9.17, 15) is 19.2 Å². The standard InChI is InChI=1S/C21H21N3O5S/c1-13-11-23-21(28)24(13)16-5-3-15(4-6-16)20(27)29-12-18(26)19-8-7-17(30-19)9-10-22-14(2)25/h3-8,11H,9-10,12H2,1-2H3,(H,22,25)(H,23,28). The third-order valence-electron chi connectivity index (χ3n) is 4.34. The summed E-state index contributed by atoms with van der Waals surface area (Å²) >= 11 is 1.32. The SMILES string of the molecule is CC(=O)NCCc1ccc(C(=O)COC(=O)c2ccc(-n3c(C)c[nH]c3=O)cc2)s1. The van der Waals surface area contributed by atoms with Crippen molar-refractivity contribution in [2.75, 3.05) is 13.2 Å². The smallest absolute Gasteiger partial charge is 0.338 e. The van der Waals surface area contributed by atoms with E-state index < -0.39 is 5.97 Å². The summed E-state index contributed by atoms with van der Waals surface area (Å²) in [6.45, 7) is 3.39. The molecule has 2 N–H and O–H groups in total. The van der Waals surface area contributed by atoms with Gasteiger partial charge in [0.25, 0.3) is 0 Å². The summed E-state index contributed by atoms with van der Waals surface area (Å²) in [4.78, 5) is 51.3. The fourth-order valence-corrected chi connectivity index (χ4v) is 3.76. The molecule has 0 fully saturated rings. The summed E-state index contributed by atoms with van der Waals surface area (Å²) in [6.07, 6.45) is 2.24. The van der Waals surface area contributed by atoms with Crippen LogP contribution in [0.1, 0.15) is 37.5 Å². The average molecular weight is 427 g/mol. The van der Waals surface area contributed by atoms with Gasteiger partial charge < -0.3 is 15.0 Å². The lowest BCUT2D eigenvalue weighted by Gasteiger charge is -2.06. The van der Waals surface area contributed by atoms with Crippen LogP contribution in [0.5, 0.6) is 0 Å². The summed E-state index contributed by atoms with van der Waals surface area (Å²) in [5.41, 5.74) is 1.39. The molecule has 2 aromatic heterocycles. The molecule has 0 saturated heterocycles. The Morgan fingerprint density at radius 1 is 1.13 bits per heavy atom. The fourth-order valence-electron chi connectivity index (χ4n) is 2.83. The summed E-state index contributed by atoms with van der Waals surface area (Å²) in [6, 6.07) is 9.89. The van der Waals surface area contributed by atoms with Gasteiger partial charge in [0.15, 0.2) is 6.61 Å². The third-order valence-corrected chi connectivity index (χ3v) is 5.52. The molecule has 30 heavy (non-hydrogen) atoms. The van der Waals surface area contributed by atoms with Crippen LogP contribution in [0, 0.1) is 6.92 Å². The number of rotatable bonds is 8. The van der Waals surface area contributed by atoms with Crippen molar-refractivity contribution in [2.24, 2.45) is 0 Å². The molecule has 0 radical (unpaired) electrons. The number of imidazole rings is 1. The van der Waals surface area contributed by atoms with Crippen molar-refractivity contribution >= 4 is 29.0 Å². The number of carbonyl (C=O) groups excluding carboxylic acids is 3. The normalized spacial score (nSPS) is 10.6. The zero-order valence-corrected chi connectivity index (χ0v) is 17.4. The van der Waals surface area contributed by atoms with E-state index in [1.165, 1.54) is 22.8 Å². The molecule has 8 nitrogen and oxygen atoms in total. The predicted octanol–water partition coefficient (Wildman–Crippen LogP) is 2.25. The average Bonchev–Trinajstić information content (AvgIpc) is 3.32. The molecule has 0 aliphatic rings. The number of hydrogen-bond acceptors (Lipinski definition) is 6. The fraction of sp³-hybridized carbons (Fsp3) is 0.238. The molecular weight excluding hydrogens is 406 g/mol. The molecule has 0 unspecified atom stereocenters. The predicted molar refractivity (Wildman–Crippen MR) is 112 cm³/mol. The second-order valence-electron chi connectivity index (χ2n) is 6.62. The van der Waals surface area contributed by atoms with E-state index in [0.29, 0.717) is 23.5 Å². The zero-order chi connectivity index (χ0) is 21.7. The number of nitrogens with one attached hydrogen (secondary N) is 2. The number of aryl methyl sites for hydroxylation is 1. The Labute approximate surface area is 176 Å². The quantitative estimate of drug-likeness (QED) is 0.423. The van der Waals surface area contributed by atoms with E-state index in [-0.39, 0.29) is 29.6 Å². The van der Waals surface area contributed by atoms with Gasteiger partial charge in [-0.15, -0.1) is 11.3 Å². The number of thiophene rings is 1. The maximum Gasteiger partial charge on any atom is 0.338 e. The maximum atomic E-state index is 12.3. The lowest BCUT2D eigenvalue weighted by Crippen LogP contribution is -2.22. The van der Waals surface area contributed by atoms with Gasteiger partial charge in [0.2, 0.25) is 11.7 Å². The molecule has 3 aromatic rings. The number of benzene rings is 1. The first-order valence-electron chi connectivity index (χ1n) is 9.26. The number of ether oxygens (including phenoxy) is 1. The number of carbonyl (C=O) groups is 3. The highest BCUT2D eigenvalue weighted by Crippen LogP contribution is 2.18. The lowest BCUT2D eigenvalue weighted by atomic mass is 10.2. The van der Waals surface area contributed by atoms with Gasteiger partial charge in [-0.05, 0) is 49.7 Å². The number of hydrogen-bond donors (Lipinski definition) is 2. The summed E-state index contributed by atoms with van der Waals surface area (Å²) in [5, 5.41) is 2.70. The molecule has 1 aromatic carbocycles. The topological polar surface area (TPSA) is 110 Å². The van der Waals surface area contributed by atoms with Crippen molar-refractivity contribution in [1.29, 1.82) is 0 Å². The van der Waals surface area contributed by atoms with Gasteiger partial charge in [-0.1, -0.05) is 0 Å². The number of H-pyrrole nitrogens is 1. The Hall–Kier alpha value is -3.46. The van der Waals surface area contributed by atoms with Crippen molar-refractivity contribution in [1.82, 2.24) is 14.9 Å². The number of nitrogens with zero attached hydrogens (tertiary/aromatic N) is 1. The Morgan fingerprint density at radius 3 is 2.50 bits per heavy atom. The number of ketones is 1. The van der Waals surface area contributed by atoms with Crippen LogP contribution in [0.25, 0.3) is 5.69 Å². The number of Topliss-reactive ketones (excluding diaryl/α,β-unsaturated/α-hetero) is 1. The Balaban J connectivity index is 1.55. The van der Waals surface area contributed by atoms with E-state index in [2.05, 4.69) is 10.3 Å². The monoisotopic (exact) mass is 427 g/mol. The summed E-state index contributed by atoms with van der Waals surface area (Å²) in [7, 11) is 0. The molecule has 0 atom stereocenters. The van der Waals surface area contributed by atoms with E-state index in [1.807, 2.05) is 6.07 Å². The van der Waals surface area contributed by atoms with Crippen molar-refractivity contribution < 1.29 is 19.1 Å². The molecule has 0 aliphatic carbocycles. The first-order chi connectivity index (χ1) is 14.3. The molecular formula is C21H21N3O5S. The maximum absolute atomic E-state index is 12.3. The Kier molecular flexibility index (Phi) is 6.63. The molecule has 0 bridgehead atoms. The van der Waals surface area contributed by atoms with Gasteiger partial charge >= 0.3 is 11.7 Å². The van der Waals surface area contributed by atoms with Gasteiger partial charge in [-0.25, -0.2) is 9.59 Å². The molecule has 1 amide bonds. The van der Waals surface area contributed by atoms with Gasteiger partial charge in [0.1, 0.15) is 0 Å². The van der Waals surface area contributed by atoms with Crippen LogP contribution in [0.3, 0.4) is 0 Å². The second kappa shape index (κ2) is 9.36. The highest BCUT2D eigenvalue weighted by molar-refractivity contribution is 7.14. The third kappa shape index (κ3) is 5.12. The van der Waals surface area contributed by atoms with Crippen LogP contribution in [-0.2, 0) is 16.0 Å². The largest absolute Gasteiger partial charge is 0.454 e. The van der Waals surface area contributed by atoms with Crippen molar-refractivity contribution in [3.63, 3.8) is 0 Å².